The molecule has 18 heavy (non-hydrogen) atoms. The van der Waals surface area contributed by atoms with Crippen molar-refractivity contribution in [1.82, 2.24) is 14.9 Å². The Morgan fingerprint density at radius 3 is 2.67 bits per heavy atom. The van der Waals surface area contributed by atoms with E-state index < -0.39 is 0 Å². The van der Waals surface area contributed by atoms with Crippen LogP contribution in [0.3, 0.4) is 0 Å². The van der Waals surface area contributed by atoms with Gasteiger partial charge in [-0.15, -0.1) is 0 Å². The monoisotopic (exact) mass is 243 g/mol. The minimum absolute atomic E-state index is 0.00937. The highest BCUT2D eigenvalue weighted by Crippen LogP contribution is 2.03. The van der Waals surface area contributed by atoms with Gasteiger partial charge in [-0.05, 0) is 12.5 Å². The first-order valence-corrected chi connectivity index (χ1v) is 5.93. The molecule has 0 saturated heterocycles. The van der Waals surface area contributed by atoms with Gasteiger partial charge in [0, 0.05) is 26.0 Å². The zero-order valence-electron chi connectivity index (χ0n) is 10.7. The van der Waals surface area contributed by atoms with Crippen LogP contribution >= 0.6 is 0 Å². The highest BCUT2D eigenvalue weighted by atomic mass is 16.1. The summed E-state index contributed by atoms with van der Waals surface area (Å²) in [7, 11) is 1.88. The van der Waals surface area contributed by atoms with E-state index in [2.05, 4.69) is 10.3 Å². The largest absolute Gasteiger partial charge is 0.352 e. The van der Waals surface area contributed by atoms with E-state index in [1.54, 1.807) is 6.20 Å². The second-order valence-corrected chi connectivity index (χ2v) is 4.39. The van der Waals surface area contributed by atoms with Crippen molar-refractivity contribution >= 4 is 5.91 Å². The molecule has 0 aliphatic heterocycles. The number of hydrogen-bond acceptors (Lipinski definition) is 2. The topological polar surface area (TPSA) is 46.9 Å². The molecule has 1 amide bonds. The summed E-state index contributed by atoms with van der Waals surface area (Å²) in [5.74, 6) is 0.765. The Morgan fingerprint density at radius 1 is 1.33 bits per heavy atom. The minimum atomic E-state index is -0.00937. The molecule has 2 rings (SSSR count). The van der Waals surface area contributed by atoms with Gasteiger partial charge in [0.05, 0.1) is 6.42 Å². The van der Waals surface area contributed by atoms with Crippen molar-refractivity contribution in [2.75, 3.05) is 0 Å². The van der Waals surface area contributed by atoms with Crippen molar-refractivity contribution in [3.63, 3.8) is 0 Å². The third-order valence-corrected chi connectivity index (χ3v) is 2.85. The van der Waals surface area contributed by atoms with E-state index in [1.165, 1.54) is 5.56 Å². The van der Waals surface area contributed by atoms with E-state index >= 15 is 0 Å². The zero-order valence-corrected chi connectivity index (χ0v) is 10.7. The summed E-state index contributed by atoms with van der Waals surface area (Å²) in [6.07, 6.45) is 3.85. The van der Waals surface area contributed by atoms with Gasteiger partial charge in [0.15, 0.2) is 0 Å². The number of benzene rings is 1. The number of aromatic nitrogens is 2. The van der Waals surface area contributed by atoms with Crippen LogP contribution in [-0.4, -0.2) is 15.5 Å². The number of amides is 1. The summed E-state index contributed by atoms with van der Waals surface area (Å²) >= 11 is 0. The lowest BCUT2D eigenvalue weighted by molar-refractivity contribution is -0.120. The fraction of sp³-hybridized carbons (Fsp3) is 0.286. The van der Waals surface area contributed by atoms with E-state index in [1.807, 2.05) is 49.0 Å². The predicted octanol–water partition coefficient (Wildman–Crippen LogP) is 1.59. The Kier molecular flexibility index (Phi) is 3.77. The molecule has 0 bridgehead atoms. The Bertz CT molecular complexity index is 528. The van der Waals surface area contributed by atoms with Crippen LogP contribution in [0.1, 0.15) is 17.0 Å². The maximum atomic E-state index is 11.7. The summed E-state index contributed by atoms with van der Waals surface area (Å²) in [6, 6.07) is 8.13. The third kappa shape index (κ3) is 3.20. The highest BCUT2D eigenvalue weighted by molar-refractivity contribution is 5.77. The fourth-order valence-electron chi connectivity index (χ4n) is 1.68. The Balaban J connectivity index is 1.85. The number of imidazole rings is 1. The lowest BCUT2D eigenvalue weighted by atomic mass is 10.1. The summed E-state index contributed by atoms with van der Waals surface area (Å²) in [5, 5.41) is 2.89. The smallest absolute Gasteiger partial charge is 0.227 e. The van der Waals surface area contributed by atoms with Gasteiger partial charge in [-0.25, -0.2) is 4.98 Å². The predicted molar refractivity (Wildman–Crippen MR) is 69.9 cm³/mol. The van der Waals surface area contributed by atoms with Gasteiger partial charge < -0.3 is 9.88 Å². The molecule has 0 radical (unpaired) electrons. The number of nitrogens with zero attached hydrogens (tertiary/aromatic N) is 2. The van der Waals surface area contributed by atoms with Crippen molar-refractivity contribution in [3.8, 4) is 0 Å². The molecule has 4 nitrogen and oxygen atoms in total. The molecule has 0 fully saturated rings. The third-order valence-electron chi connectivity index (χ3n) is 2.85. The standard InChI is InChI=1S/C14H17N3O/c1-11-3-5-12(6-4-11)10-16-14(18)9-13-15-7-8-17(13)2/h3-8H,9-10H2,1-2H3,(H,16,18). The maximum absolute atomic E-state index is 11.7. The molecular weight excluding hydrogens is 226 g/mol. The number of nitrogens with one attached hydrogen (secondary N) is 1. The van der Waals surface area contributed by atoms with Crippen molar-refractivity contribution in [2.45, 2.75) is 19.9 Å². The fourth-order valence-corrected chi connectivity index (χ4v) is 1.68. The summed E-state index contributed by atoms with van der Waals surface area (Å²) in [5.41, 5.74) is 2.33. The SMILES string of the molecule is Cc1ccc(CNC(=O)Cc2nccn2C)cc1. The second-order valence-electron chi connectivity index (χ2n) is 4.39. The van der Waals surface area contributed by atoms with Crippen molar-refractivity contribution < 1.29 is 4.79 Å². The molecule has 1 N–H and O–H groups in total. The number of aryl methyl sites for hydroxylation is 2. The van der Waals surface area contributed by atoms with Gasteiger partial charge in [-0.1, -0.05) is 29.8 Å². The van der Waals surface area contributed by atoms with Gasteiger partial charge in [-0.3, -0.25) is 4.79 Å². The Hall–Kier alpha value is -2.10. The van der Waals surface area contributed by atoms with E-state index in [0.29, 0.717) is 13.0 Å². The summed E-state index contributed by atoms with van der Waals surface area (Å²) < 4.78 is 1.85. The lowest BCUT2D eigenvalue weighted by Crippen LogP contribution is -2.25. The Labute approximate surface area is 107 Å². The molecular formula is C14H17N3O. The van der Waals surface area contributed by atoms with Gasteiger partial charge in [0.2, 0.25) is 5.91 Å². The average molecular weight is 243 g/mol. The van der Waals surface area contributed by atoms with E-state index in [9.17, 15) is 4.79 Å². The highest BCUT2D eigenvalue weighted by Gasteiger charge is 2.06. The first kappa shape index (κ1) is 12.4. The molecule has 1 aromatic heterocycles. The number of hydrogen-bond donors (Lipinski definition) is 1. The molecule has 0 unspecified atom stereocenters. The van der Waals surface area contributed by atoms with E-state index in [-0.39, 0.29) is 5.91 Å². The van der Waals surface area contributed by atoms with Crippen LogP contribution in [0.15, 0.2) is 36.7 Å². The van der Waals surface area contributed by atoms with Crippen LogP contribution in [0.25, 0.3) is 0 Å². The van der Waals surface area contributed by atoms with Gasteiger partial charge in [0.25, 0.3) is 0 Å². The van der Waals surface area contributed by atoms with Crippen LogP contribution in [0.5, 0.6) is 0 Å². The molecule has 0 saturated carbocycles. The minimum Gasteiger partial charge on any atom is -0.352 e. The molecule has 0 aliphatic carbocycles. The molecule has 0 atom stereocenters. The zero-order chi connectivity index (χ0) is 13.0. The summed E-state index contributed by atoms with van der Waals surface area (Å²) in [6.45, 7) is 2.60. The van der Waals surface area contributed by atoms with Crippen LogP contribution in [0.4, 0.5) is 0 Å². The normalized spacial score (nSPS) is 10.3. The first-order chi connectivity index (χ1) is 8.65. The number of rotatable bonds is 4. The van der Waals surface area contributed by atoms with E-state index in [0.717, 1.165) is 11.4 Å². The number of carbonyl (C=O) groups excluding carboxylic acids is 1. The van der Waals surface area contributed by atoms with Gasteiger partial charge >= 0.3 is 0 Å². The quantitative estimate of drug-likeness (QED) is 0.886. The van der Waals surface area contributed by atoms with Crippen molar-refractivity contribution in [1.29, 1.82) is 0 Å². The summed E-state index contributed by atoms with van der Waals surface area (Å²) in [4.78, 5) is 15.9. The van der Waals surface area contributed by atoms with Crippen molar-refractivity contribution in [3.05, 3.63) is 53.6 Å². The Morgan fingerprint density at radius 2 is 2.06 bits per heavy atom. The van der Waals surface area contributed by atoms with Crippen LogP contribution < -0.4 is 5.32 Å². The molecule has 4 heteroatoms. The van der Waals surface area contributed by atoms with Crippen LogP contribution in [0, 0.1) is 6.92 Å². The van der Waals surface area contributed by atoms with Gasteiger partial charge in [-0.2, -0.15) is 0 Å². The molecule has 1 heterocycles. The van der Waals surface area contributed by atoms with Crippen LogP contribution in [-0.2, 0) is 24.8 Å². The molecule has 1 aromatic carbocycles. The molecule has 2 aromatic rings. The lowest BCUT2D eigenvalue weighted by Gasteiger charge is -2.06. The van der Waals surface area contributed by atoms with E-state index in [4.69, 9.17) is 0 Å². The number of carbonyl (C=O) groups is 1. The molecule has 0 aliphatic rings. The first-order valence-electron chi connectivity index (χ1n) is 5.93. The average Bonchev–Trinajstić information content (AvgIpc) is 2.74. The molecule has 0 spiro atoms. The van der Waals surface area contributed by atoms with Gasteiger partial charge in [0.1, 0.15) is 5.82 Å². The molecule has 94 valence electrons. The second kappa shape index (κ2) is 5.49. The van der Waals surface area contributed by atoms with Crippen molar-refractivity contribution in [2.24, 2.45) is 7.05 Å². The van der Waals surface area contributed by atoms with Crippen LogP contribution in [0.2, 0.25) is 0 Å². The maximum Gasteiger partial charge on any atom is 0.227 e.